The third-order valence-corrected chi connectivity index (χ3v) is 2.52. The maximum Gasteiger partial charge on any atom is 0.395 e. The van der Waals surface area contributed by atoms with Crippen LogP contribution in [0.5, 0.6) is 0 Å². The highest BCUT2D eigenvalue weighted by molar-refractivity contribution is 6.42. The molecule has 0 saturated heterocycles. The summed E-state index contributed by atoms with van der Waals surface area (Å²) >= 11 is 11.3. The minimum absolute atomic E-state index is 0.221. The fourth-order valence-corrected chi connectivity index (χ4v) is 1.48. The molecule has 0 N–H and O–H groups in total. The summed E-state index contributed by atoms with van der Waals surface area (Å²) in [5, 5.41) is 0.521. The van der Waals surface area contributed by atoms with E-state index in [1.54, 1.807) is 0 Å². The summed E-state index contributed by atoms with van der Waals surface area (Å²) in [5.74, 6) is -0.897. The molecule has 1 nitrogen and oxygen atoms in total. The predicted molar refractivity (Wildman–Crippen MR) is 55.8 cm³/mol. The van der Waals surface area contributed by atoms with Gasteiger partial charge in [-0.2, -0.15) is 13.2 Å². The fourth-order valence-electron chi connectivity index (χ4n) is 1.16. The van der Waals surface area contributed by atoms with Crippen LogP contribution >= 0.6 is 23.2 Å². The first-order valence-corrected chi connectivity index (χ1v) is 5.06. The zero-order chi connectivity index (χ0) is 12.3. The summed E-state index contributed by atoms with van der Waals surface area (Å²) < 4.78 is 35.7. The molecule has 0 unspecified atom stereocenters. The largest absolute Gasteiger partial charge is 0.395 e. The van der Waals surface area contributed by atoms with E-state index in [1.807, 2.05) is 0 Å². The van der Waals surface area contributed by atoms with Crippen molar-refractivity contribution in [2.24, 2.45) is 0 Å². The first kappa shape index (κ1) is 13.3. The lowest BCUT2D eigenvalue weighted by atomic mass is 10.1. The van der Waals surface area contributed by atoms with Gasteiger partial charge in [0, 0.05) is 6.42 Å². The van der Waals surface area contributed by atoms with E-state index < -0.39 is 18.4 Å². The zero-order valence-corrected chi connectivity index (χ0v) is 9.46. The quantitative estimate of drug-likeness (QED) is 0.810. The monoisotopic (exact) mass is 270 g/mol. The first-order valence-electron chi connectivity index (χ1n) is 4.30. The van der Waals surface area contributed by atoms with Gasteiger partial charge in [0.1, 0.15) is 12.2 Å². The molecule has 88 valence electrons. The first-order chi connectivity index (χ1) is 7.28. The van der Waals surface area contributed by atoms with Crippen molar-refractivity contribution in [2.75, 3.05) is 0 Å². The predicted octanol–water partition coefficient (Wildman–Crippen LogP) is 4.06. The summed E-state index contributed by atoms with van der Waals surface area (Å²) in [6, 6.07) is 4.31. The maximum absolute atomic E-state index is 11.9. The Kier molecular flexibility index (Phi) is 4.21. The molecular weight excluding hydrogens is 264 g/mol. The van der Waals surface area contributed by atoms with Crippen molar-refractivity contribution >= 4 is 29.0 Å². The number of alkyl halides is 3. The lowest BCUT2D eigenvalue weighted by Gasteiger charge is -2.06. The van der Waals surface area contributed by atoms with Crippen LogP contribution in [-0.2, 0) is 11.2 Å². The number of benzene rings is 1. The smallest absolute Gasteiger partial charge is 0.299 e. The van der Waals surface area contributed by atoms with Crippen LogP contribution in [0.25, 0.3) is 0 Å². The van der Waals surface area contributed by atoms with Crippen molar-refractivity contribution < 1.29 is 18.0 Å². The van der Waals surface area contributed by atoms with Crippen LogP contribution in [0, 0.1) is 0 Å². The van der Waals surface area contributed by atoms with Crippen molar-refractivity contribution in [2.45, 2.75) is 19.0 Å². The molecule has 0 heterocycles. The molecule has 0 aliphatic rings. The Morgan fingerprint density at radius 1 is 1.19 bits per heavy atom. The Balaban J connectivity index is 2.67. The number of carbonyl (C=O) groups excluding carboxylic acids is 1. The summed E-state index contributed by atoms with van der Waals surface area (Å²) in [6.07, 6.45) is -6.18. The van der Waals surface area contributed by atoms with Crippen LogP contribution in [0.2, 0.25) is 10.0 Å². The molecule has 0 bridgehead atoms. The van der Waals surface area contributed by atoms with Crippen molar-refractivity contribution in [1.82, 2.24) is 0 Å². The molecule has 16 heavy (non-hydrogen) atoms. The van der Waals surface area contributed by atoms with Crippen molar-refractivity contribution in [3.63, 3.8) is 0 Å². The Labute approximate surface area is 100 Å². The summed E-state index contributed by atoms with van der Waals surface area (Å²) in [5.41, 5.74) is 0.420. The lowest BCUT2D eigenvalue weighted by molar-refractivity contribution is -0.151. The van der Waals surface area contributed by atoms with Crippen molar-refractivity contribution in [3.8, 4) is 0 Å². The Morgan fingerprint density at radius 3 is 2.31 bits per heavy atom. The number of rotatable bonds is 3. The van der Waals surface area contributed by atoms with Gasteiger partial charge in [0.2, 0.25) is 0 Å². The average Bonchev–Trinajstić information content (AvgIpc) is 2.08. The van der Waals surface area contributed by atoms with Crippen molar-refractivity contribution in [1.29, 1.82) is 0 Å². The Bertz CT molecular complexity index is 402. The van der Waals surface area contributed by atoms with Gasteiger partial charge in [0.15, 0.2) is 0 Å². The molecule has 0 fully saturated rings. The number of hydrogen-bond acceptors (Lipinski definition) is 1. The van der Waals surface area contributed by atoms with Gasteiger partial charge in [-0.05, 0) is 17.7 Å². The number of Topliss-reactive ketones (excluding diaryl/α,β-unsaturated/α-hetero) is 1. The van der Waals surface area contributed by atoms with Crippen LogP contribution < -0.4 is 0 Å². The highest BCUT2D eigenvalue weighted by Gasteiger charge is 2.30. The number of carbonyl (C=O) groups is 1. The van der Waals surface area contributed by atoms with E-state index in [0.29, 0.717) is 10.6 Å². The molecule has 0 aliphatic carbocycles. The van der Waals surface area contributed by atoms with Gasteiger partial charge in [0.05, 0.1) is 10.0 Å². The van der Waals surface area contributed by atoms with E-state index in [1.165, 1.54) is 18.2 Å². The number of halogens is 5. The second-order valence-corrected chi connectivity index (χ2v) is 4.07. The van der Waals surface area contributed by atoms with Gasteiger partial charge < -0.3 is 0 Å². The molecule has 0 saturated carbocycles. The molecule has 0 aliphatic heterocycles. The summed E-state index contributed by atoms with van der Waals surface area (Å²) in [6.45, 7) is 0. The van der Waals surface area contributed by atoms with Crippen LogP contribution in [0.1, 0.15) is 12.0 Å². The fraction of sp³-hybridized carbons (Fsp3) is 0.300. The van der Waals surface area contributed by atoms with Crippen LogP contribution in [0.15, 0.2) is 18.2 Å². The number of ketones is 1. The van der Waals surface area contributed by atoms with E-state index in [0.717, 1.165) is 0 Å². The van der Waals surface area contributed by atoms with Gasteiger partial charge in [-0.25, -0.2) is 0 Å². The van der Waals surface area contributed by atoms with E-state index in [9.17, 15) is 18.0 Å². The second kappa shape index (κ2) is 5.06. The molecule has 0 spiro atoms. The molecule has 1 aromatic carbocycles. The van der Waals surface area contributed by atoms with Gasteiger partial charge in [-0.15, -0.1) is 0 Å². The molecule has 6 heteroatoms. The second-order valence-electron chi connectivity index (χ2n) is 3.26. The SMILES string of the molecule is O=C(Cc1ccc(Cl)c(Cl)c1)CC(F)(F)F. The molecule has 0 atom stereocenters. The molecule has 1 rings (SSSR count). The molecule has 0 aromatic heterocycles. The zero-order valence-electron chi connectivity index (χ0n) is 7.94. The van der Waals surface area contributed by atoms with Gasteiger partial charge in [-0.1, -0.05) is 29.3 Å². The molecule has 1 aromatic rings. The minimum Gasteiger partial charge on any atom is -0.299 e. The molecule has 0 amide bonds. The Morgan fingerprint density at radius 2 is 1.81 bits per heavy atom. The lowest BCUT2D eigenvalue weighted by Crippen LogP contribution is -2.16. The number of hydrogen-bond donors (Lipinski definition) is 0. The third kappa shape index (κ3) is 4.41. The maximum atomic E-state index is 11.9. The van der Waals surface area contributed by atoms with E-state index in [-0.39, 0.29) is 11.4 Å². The van der Waals surface area contributed by atoms with Gasteiger partial charge in [-0.3, -0.25) is 4.79 Å². The Hall–Kier alpha value is -0.740. The standard InChI is InChI=1S/C10H7Cl2F3O/c11-8-2-1-6(4-9(8)12)3-7(16)5-10(13,14)15/h1-2,4H,3,5H2. The van der Waals surface area contributed by atoms with E-state index in [2.05, 4.69) is 0 Å². The molecule has 0 radical (unpaired) electrons. The van der Waals surface area contributed by atoms with Crippen LogP contribution in [0.3, 0.4) is 0 Å². The van der Waals surface area contributed by atoms with E-state index >= 15 is 0 Å². The highest BCUT2D eigenvalue weighted by Crippen LogP contribution is 2.24. The topological polar surface area (TPSA) is 17.1 Å². The highest BCUT2D eigenvalue weighted by atomic mass is 35.5. The van der Waals surface area contributed by atoms with Gasteiger partial charge >= 0.3 is 6.18 Å². The van der Waals surface area contributed by atoms with Crippen molar-refractivity contribution in [3.05, 3.63) is 33.8 Å². The van der Waals surface area contributed by atoms with Crippen LogP contribution in [0.4, 0.5) is 13.2 Å². The van der Waals surface area contributed by atoms with E-state index in [4.69, 9.17) is 23.2 Å². The normalized spacial score (nSPS) is 11.6. The average molecular weight is 271 g/mol. The van der Waals surface area contributed by atoms with Crippen LogP contribution in [-0.4, -0.2) is 12.0 Å². The summed E-state index contributed by atoms with van der Waals surface area (Å²) in [7, 11) is 0. The molecular formula is C10H7Cl2F3O. The van der Waals surface area contributed by atoms with Gasteiger partial charge in [0.25, 0.3) is 0 Å². The minimum atomic E-state index is -4.46. The third-order valence-electron chi connectivity index (χ3n) is 1.78. The summed E-state index contributed by atoms with van der Waals surface area (Å²) in [4.78, 5) is 11.0.